The molecular weight excluding hydrogens is 523 g/mol. The number of aromatic nitrogens is 1. The minimum absolute atomic E-state index is 0.132. The number of nitrogens with one attached hydrogen (secondary N) is 1. The lowest BCUT2D eigenvalue weighted by Gasteiger charge is -2.39. The van der Waals surface area contributed by atoms with Crippen molar-refractivity contribution in [1.29, 1.82) is 0 Å². The number of nitrogens with zero attached hydrogens (tertiary/aromatic N) is 2. The number of aliphatic carboxylic acids is 1. The van der Waals surface area contributed by atoms with Crippen LogP contribution in [0, 0.1) is 22.9 Å². The fraction of sp³-hybridized carbons (Fsp3) is 0.407. The number of pyridine rings is 1. The molecule has 0 bridgehead atoms. The number of piperidine rings is 1. The second-order valence-electron chi connectivity index (χ2n) is 9.57. The van der Waals surface area contributed by atoms with Crippen molar-refractivity contribution >= 4 is 34.2 Å². The SMILES string of the molecule is COc1ccc2ncc(Cl)c(C(O)CCC3(C(=O)O)CCN(CCNc4cc(F)c(F)c(F)c4)CC3)c2c1. The molecule has 1 unspecified atom stereocenters. The first-order chi connectivity index (χ1) is 18.1. The fourth-order valence-corrected chi connectivity index (χ4v) is 5.26. The number of carboxylic acids is 1. The molecule has 0 radical (unpaired) electrons. The zero-order valence-electron chi connectivity index (χ0n) is 20.8. The predicted octanol–water partition coefficient (Wildman–Crippen LogP) is 5.41. The molecule has 1 fully saturated rings. The molecule has 38 heavy (non-hydrogen) atoms. The van der Waals surface area contributed by atoms with Crippen LogP contribution in [0.25, 0.3) is 10.9 Å². The van der Waals surface area contributed by atoms with Crippen LogP contribution in [0.5, 0.6) is 5.75 Å². The molecule has 0 amide bonds. The van der Waals surface area contributed by atoms with E-state index >= 15 is 0 Å². The number of carboxylic acid groups (broad SMARTS) is 1. The Hall–Kier alpha value is -3.08. The molecule has 1 aromatic heterocycles. The monoisotopic (exact) mass is 551 g/mol. The summed E-state index contributed by atoms with van der Waals surface area (Å²) >= 11 is 6.40. The van der Waals surface area contributed by atoms with Gasteiger partial charge in [-0.1, -0.05) is 11.6 Å². The number of aliphatic hydroxyl groups is 1. The van der Waals surface area contributed by atoms with Gasteiger partial charge in [0.05, 0.1) is 29.2 Å². The van der Waals surface area contributed by atoms with E-state index in [0.717, 1.165) is 12.1 Å². The number of hydrogen-bond donors (Lipinski definition) is 3. The Bertz CT molecular complexity index is 1300. The van der Waals surface area contributed by atoms with E-state index in [1.54, 1.807) is 18.2 Å². The Morgan fingerprint density at radius 1 is 1.21 bits per heavy atom. The van der Waals surface area contributed by atoms with Gasteiger partial charge in [0.1, 0.15) is 5.75 Å². The molecular formula is C27H29ClF3N3O4. The summed E-state index contributed by atoms with van der Waals surface area (Å²) in [6.45, 7) is 1.87. The number of fused-ring (bicyclic) bond motifs is 1. The predicted molar refractivity (Wildman–Crippen MR) is 138 cm³/mol. The average molecular weight is 552 g/mol. The van der Waals surface area contributed by atoms with E-state index in [-0.39, 0.29) is 18.5 Å². The van der Waals surface area contributed by atoms with E-state index in [9.17, 15) is 28.2 Å². The van der Waals surface area contributed by atoms with Crippen LogP contribution in [0.15, 0.2) is 36.5 Å². The molecule has 1 aliphatic rings. The smallest absolute Gasteiger partial charge is 0.309 e. The van der Waals surface area contributed by atoms with E-state index in [0.29, 0.717) is 66.3 Å². The summed E-state index contributed by atoms with van der Waals surface area (Å²) < 4.78 is 45.2. The number of halogens is 4. The lowest BCUT2D eigenvalue weighted by Crippen LogP contribution is -2.45. The van der Waals surface area contributed by atoms with Crippen molar-refractivity contribution < 1.29 is 32.9 Å². The van der Waals surface area contributed by atoms with Gasteiger partial charge in [0.25, 0.3) is 0 Å². The van der Waals surface area contributed by atoms with Gasteiger partial charge in [0.15, 0.2) is 17.5 Å². The number of ether oxygens (including phenoxy) is 1. The van der Waals surface area contributed by atoms with Crippen molar-refractivity contribution in [3.8, 4) is 5.75 Å². The molecule has 11 heteroatoms. The van der Waals surface area contributed by atoms with Gasteiger partial charge >= 0.3 is 5.97 Å². The highest BCUT2D eigenvalue weighted by Crippen LogP contribution is 2.41. The second kappa shape index (κ2) is 11.8. The van der Waals surface area contributed by atoms with Crippen molar-refractivity contribution in [3.05, 3.63) is 64.6 Å². The van der Waals surface area contributed by atoms with Gasteiger partial charge in [0, 0.05) is 48.1 Å². The lowest BCUT2D eigenvalue weighted by molar-refractivity contribution is -0.153. The maximum absolute atomic E-state index is 13.4. The summed E-state index contributed by atoms with van der Waals surface area (Å²) in [4.78, 5) is 18.7. The first-order valence-electron chi connectivity index (χ1n) is 12.3. The normalized spacial score (nSPS) is 16.4. The Morgan fingerprint density at radius 2 is 1.89 bits per heavy atom. The molecule has 2 aromatic carbocycles. The first kappa shape index (κ1) is 27.9. The lowest BCUT2D eigenvalue weighted by atomic mass is 9.74. The molecule has 0 aliphatic carbocycles. The van der Waals surface area contributed by atoms with Crippen LogP contribution in [-0.2, 0) is 4.79 Å². The fourth-order valence-electron chi connectivity index (χ4n) is 4.98. The number of aliphatic hydroxyl groups excluding tert-OH is 1. The quantitative estimate of drug-likeness (QED) is 0.290. The maximum Gasteiger partial charge on any atom is 0.309 e. The van der Waals surface area contributed by atoms with Crippen LogP contribution in [0.3, 0.4) is 0 Å². The van der Waals surface area contributed by atoms with E-state index < -0.39 is 34.9 Å². The highest BCUT2D eigenvalue weighted by Gasteiger charge is 2.41. The topological polar surface area (TPSA) is 94.9 Å². The van der Waals surface area contributed by atoms with Crippen molar-refractivity contribution in [1.82, 2.24) is 9.88 Å². The molecule has 1 aliphatic heterocycles. The van der Waals surface area contributed by atoms with Crippen LogP contribution in [-0.4, -0.2) is 59.4 Å². The highest BCUT2D eigenvalue weighted by molar-refractivity contribution is 6.32. The van der Waals surface area contributed by atoms with Gasteiger partial charge in [0.2, 0.25) is 0 Å². The zero-order chi connectivity index (χ0) is 27.4. The molecule has 0 spiro atoms. The van der Waals surface area contributed by atoms with Crippen LogP contribution in [0.4, 0.5) is 18.9 Å². The van der Waals surface area contributed by atoms with E-state index in [4.69, 9.17) is 16.3 Å². The molecule has 2 heterocycles. The van der Waals surface area contributed by atoms with Gasteiger partial charge in [-0.05, 0) is 57.0 Å². The first-order valence-corrected chi connectivity index (χ1v) is 12.7. The molecule has 3 aromatic rings. The average Bonchev–Trinajstić information content (AvgIpc) is 2.90. The number of methoxy groups -OCH3 is 1. The van der Waals surface area contributed by atoms with Gasteiger partial charge in [-0.25, -0.2) is 13.2 Å². The summed E-state index contributed by atoms with van der Waals surface area (Å²) in [5.41, 5.74) is 0.270. The van der Waals surface area contributed by atoms with E-state index in [1.807, 2.05) is 0 Å². The third-order valence-electron chi connectivity index (χ3n) is 7.31. The summed E-state index contributed by atoms with van der Waals surface area (Å²) in [5, 5.41) is 25.0. The van der Waals surface area contributed by atoms with Crippen molar-refractivity contribution in [2.45, 2.75) is 31.8 Å². The zero-order valence-corrected chi connectivity index (χ0v) is 21.6. The highest BCUT2D eigenvalue weighted by atomic mass is 35.5. The van der Waals surface area contributed by atoms with Crippen molar-refractivity contribution in [3.63, 3.8) is 0 Å². The Morgan fingerprint density at radius 3 is 2.53 bits per heavy atom. The largest absolute Gasteiger partial charge is 0.497 e. The van der Waals surface area contributed by atoms with E-state index in [1.165, 1.54) is 13.3 Å². The molecule has 1 atom stereocenters. The van der Waals surface area contributed by atoms with Crippen LogP contribution < -0.4 is 10.1 Å². The van der Waals surface area contributed by atoms with Gasteiger partial charge in [-0.2, -0.15) is 0 Å². The third-order valence-corrected chi connectivity index (χ3v) is 7.61. The number of anilines is 1. The molecule has 7 nitrogen and oxygen atoms in total. The van der Waals surface area contributed by atoms with Crippen LogP contribution in [0.2, 0.25) is 5.02 Å². The number of rotatable bonds is 10. The number of carbonyl (C=O) groups is 1. The summed E-state index contributed by atoms with van der Waals surface area (Å²) in [6, 6.07) is 7.07. The van der Waals surface area contributed by atoms with Gasteiger partial charge in [-0.15, -0.1) is 0 Å². The van der Waals surface area contributed by atoms with Crippen LogP contribution >= 0.6 is 11.6 Å². The summed E-state index contributed by atoms with van der Waals surface area (Å²) in [7, 11) is 1.54. The third kappa shape index (κ3) is 5.98. The van der Waals surface area contributed by atoms with Crippen LogP contribution in [0.1, 0.15) is 37.4 Å². The van der Waals surface area contributed by atoms with Crippen molar-refractivity contribution in [2.24, 2.45) is 5.41 Å². The number of benzene rings is 2. The molecule has 1 saturated heterocycles. The Labute approximate surface area is 223 Å². The Kier molecular flexibility index (Phi) is 8.64. The second-order valence-corrected chi connectivity index (χ2v) is 9.97. The van der Waals surface area contributed by atoms with E-state index in [2.05, 4.69) is 15.2 Å². The standard InChI is InChI=1S/C27H29ClF3N3O4/c1-38-17-2-3-22-18(14-17)24(19(28)15-33-22)23(35)4-5-27(26(36)37)6-9-34(10-7-27)11-8-32-16-12-20(29)25(31)21(30)13-16/h2-3,12-15,23,32,35H,4-11H2,1H3,(H,36,37). The number of hydrogen-bond acceptors (Lipinski definition) is 6. The molecule has 3 N–H and O–H groups in total. The summed E-state index contributed by atoms with van der Waals surface area (Å²) in [5.74, 6) is -4.36. The summed E-state index contributed by atoms with van der Waals surface area (Å²) in [6.07, 6.45) is 1.71. The number of likely N-dealkylation sites (tertiary alicyclic amines) is 1. The molecule has 204 valence electrons. The molecule has 0 saturated carbocycles. The van der Waals surface area contributed by atoms with Gasteiger partial charge in [-0.3, -0.25) is 9.78 Å². The van der Waals surface area contributed by atoms with Crippen molar-refractivity contribution in [2.75, 3.05) is 38.6 Å². The van der Waals surface area contributed by atoms with Gasteiger partial charge < -0.3 is 25.2 Å². The maximum atomic E-state index is 13.4. The Balaban J connectivity index is 1.36. The minimum atomic E-state index is -1.51. The minimum Gasteiger partial charge on any atom is -0.497 e. The molecule has 4 rings (SSSR count).